The van der Waals surface area contributed by atoms with E-state index in [9.17, 15) is 4.79 Å². The minimum atomic E-state index is 0.180. The first-order chi connectivity index (χ1) is 10.1. The van der Waals surface area contributed by atoms with Crippen molar-refractivity contribution in [1.29, 1.82) is 0 Å². The lowest BCUT2D eigenvalue weighted by atomic mass is 10.0. The molecule has 0 saturated carbocycles. The topological polar surface area (TPSA) is 62.1 Å². The zero-order valence-electron chi connectivity index (χ0n) is 12.6. The summed E-state index contributed by atoms with van der Waals surface area (Å²) in [6, 6.07) is 8.51. The van der Waals surface area contributed by atoms with Crippen LogP contribution in [0.25, 0.3) is 10.9 Å². The number of nitrogens with zero attached hydrogens (tertiary/aromatic N) is 1. The van der Waals surface area contributed by atoms with Crippen LogP contribution in [0.2, 0.25) is 0 Å². The molecule has 1 aromatic heterocycles. The Labute approximate surface area is 125 Å². The van der Waals surface area contributed by atoms with E-state index >= 15 is 0 Å². The third kappa shape index (κ3) is 2.95. The van der Waals surface area contributed by atoms with E-state index in [1.807, 2.05) is 17.9 Å². The van der Waals surface area contributed by atoms with Gasteiger partial charge in [-0.1, -0.05) is 18.2 Å². The van der Waals surface area contributed by atoms with Crippen molar-refractivity contribution in [3.63, 3.8) is 0 Å². The van der Waals surface area contributed by atoms with E-state index in [4.69, 9.17) is 5.73 Å². The van der Waals surface area contributed by atoms with Crippen LogP contribution in [-0.2, 0) is 17.8 Å². The van der Waals surface area contributed by atoms with Gasteiger partial charge in [-0.25, -0.2) is 0 Å². The molecule has 1 aliphatic rings. The van der Waals surface area contributed by atoms with E-state index in [0.29, 0.717) is 6.42 Å². The highest BCUT2D eigenvalue weighted by molar-refractivity contribution is 5.86. The molecule has 0 saturated heterocycles. The lowest BCUT2D eigenvalue weighted by Crippen LogP contribution is -2.35. The third-order valence-corrected chi connectivity index (χ3v) is 4.29. The van der Waals surface area contributed by atoms with Crippen LogP contribution >= 0.6 is 0 Å². The van der Waals surface area contributed by atoms with Gasteiger partial charge in [0.05, 0.1) is 0 Å². The molecule has 112 valence electrons. The van der Waals surface area contributed by atoms with Gasteiger partial charge in [-0.05, 0) is 25.8 Å². The zero-order valence-corrected chi connectivity index (χ0v) is 12.6. The molecule has 3 rings (SSSR count). The number of carbonyl (C=O) groups is 1. The second kappa shape index (κ2) is 5.90. The molecule has 0 aliphatic carbocycles. The molecule has 1 atom stereocenters. The first kappa shape index (κ1) is 14.1. The molecular weight excluding hydrogens is 262 g/mol. The Morgan fingerprint density at radius 1 is 1.43 bits per heavy atom. The van der Waals surface area contributed by atoms with E-state index in [0.717, 1.165) is 32.4 Å². The van der Waals surface area contributed by atoms with E-state index in [-0.39, 0.29) is 11.9 Å². The minimum Gasteiger partial charge on any atom is -0.358 e. The molecule has 2 heterocycles. The summed E-state index contributed by atoms with van der Waals surface area (Å²) in [5.74, 6) is 0.256. The van der Waals surface area contributed by atoms with Gasteiger partial charge in [0.2, 0.25) is 5.91 Å². The molecule has 3 N–H and O–H groups in total. The van der Waals surface area contributed by atoms with Crippen LogP contribution in [-0.4, -0.2) is 28.4 Å². The predicted octanol–water partition coefficient (Wildman–Crippen LogP) is 2.57. The van der Waals surface area contributed by atoms with Gasteiger partial charge in [0.25, 0.3) is 0 Å². The second-order valence-electron chi connectivity index (χ2n) is 6.06. The van der Waals surface area contributed by atoms with Crippen LogP contribution in [0.3, 0.4) is 0 Å². The Hall–Kier alpha value is -1.81. The monoisotopic (exact) mass is 285 g/mol. The number of amides is 1. The Balaban J connectivity index is 1.70. The summed E-state index contributed by atoms with van der Waals surface area (Å²) in [5.41, 5.74) is 9.49. The van der Waals surface area contributed by atoms with Gasteiger partial charge in [-0.3, -0.25) is 4.79 Å². The fourth-order valence-electron chi connectivity index (χ4n) is 3.11. The Kier molecular flexibility index (Phi) is 3.97. The maximum Gasteiger partial charge on any atom is 0.222 e. The quantitative estimate of drug-likeness (QED) is 0.907. The Morgan fingerprint density at radius 3 is 3.05 bits per heavy atom. The molecule has 1 aromatic carbocycles. The standard InChI is InChI=1S/C17H23N3O/c1-12(18)5-4-8-17(21)20-10-9-16-14(11-20)13-6-2-3-7-15(13)19-16/h2-3,6-7,12,19H,4-5,8-11,18H2,1H3. The molecule has 0 radical (unpaired) electrons. The molecule has 4 nitrogen and oxygen atoms in total. The summed E-state index contributed by atoms with van der Waals surface area (Å²) in [6.07, 6.45) is 3.33. The predicted molar refractivity (Wildman–Crippen MR) is 84.9 cm³/mol. The van der Waals surface area contributed by atoms with Crippen molar-refractivity contribution in [2.45, 2.75) is 45.2 Å². The SMILES string of the molecule is CC(N)CCCC(=O)N1CCc2[nH]c3ccccc3c2C1. The minimum absolute atomic E-state index is 0.180. The lowest BCUT2D eigenvalue weighted by Gasteiger charge is -2.27. The smallest absolute Gasteiger partial charge is 0.222 e. The first-order valence-corrected chi connectivity index (χ1v) is 7.77. The van der Waals surface area contributed by atoms with Crippen molar-refractivity contribution < 1.29 is 4.79 Å². The molecule has 1 unspecified atom stereocenters. The largest absolute Gasteiger partial charge is 0.358 e. The fraction of sp³-hybridized carbons (Fsp3) is 0.471. The summed E-state index contributed by atoms with van der Waals surface area (Å²) in [7, 11) is 0. The number of fused-ring (bicyclic) bond motifs is 3. The molecule has 0 fully saturated rings. The van der Waals surface area contributed by atoms with E-state index in [2.05, 4.69) is 23.2 Å². The Bertz CT molecular complexity index is 645. The molecule has 1 aliphatic heterocycles. The summed E-state index contributed by atoms with van der Waals surface area (Å²) in [5, 5.41) is 1.25. The van der Waals surface area contributed by atoms with Gasteiger partial charge < -0.3 is 15.6 Å². The van der Waals surface area contributed by atoms with Crippen molar-refractivity contribution in [3.8, 4) is 0 Å². The number of H-pyrrole nitrogens is 1. The number of carbonyl (C=O) groups excluding carboxylic acids is 1. The fourth-order valence-corrected chi connectivity index (χ4v) is 3.11. The van der Waals surface area contributed by atoms with Crippen molar-refractivity contribution in [2.75, 3.05) is 6.54 Å². The van der Waals surface area contributed by atoms with Crippen molar-refractivity contribution in [2.24, 2.45) is 5.73 Å². The molecular formula is C17H23N3O. The first-order valence-electron chi connectivity index (χ1n) is 7.77. The van der Waals surface area contributed by atoms with Crippen LogP contribution in [0.5, 0.6) is 0 Å². The van der Waals surface area contributed by atoms with Crippen molar-refractivity contribution >= 4 is 16.8 Å². The van der Waals surface area contributed by atoms with Gasteiger partial charge in [-0.15, -0.1) is 0 Å². The molecule has 0 bridgehead atoms. The van der Waals surface area contributed by atoms with Crippen molar-refractivity contribution in [1.82, 2.24) is 9.88 Å². The maximum absolute atomic E-state index is 12.3. The normalized spacial score (nSPS) is 16.0. The number of benzene rings is 1. The summed E-state index contributed by atoms with van der Waals surface area (Å²) >= 11 is 0. The lowest BCUT2D eigenvalue weighted by molar-refractivity contribution is -0.132. The number of nitrogens with two attached hydrogens (primary N) is 1. The average molecular weight is 285 g/mol. The summed E-state index contributed by atoms with van der Waals surface area (Å²) in [4.78, 5) is 17.8. The van der Waals surface area contributed by atoms with Crippen molar-refractivity contribution in [3.05, 3.63) is 35.5 Å². The highest BCUT2D eigenvalue weighted by Gasteiger charge is 2.23. The van der Waals surface area contributed by atoms with Crippen LogP contribution in [0, 0.1) is 0 Å². The average Bonchev–Trinajstić information content (AvgIpc) is 2.84. The van der Waals surface area contributed by atoms with E-state index in [1.54, 1.807) is 0 Å². The zero-order chi connectivity index (χ0) is 14.8. The van der Waals surface area contributed by atoms with Crippen LogP contribution < -0.4 is 5.73 Å². The molecule has 4 heteroatoms. The van der Waals surface area contributed by atoms with Crippen LogP contribution in [0.15, 0.2) is 24.3 Å². The maximum atomic E-state index is 12.3. The number of hydrogen-bond donors (Lipinski definition) is 2. The van der Waals surface area contributed by atoms with Gasteiger partial charge in [-0.2, -0.15) is 0 Å². The summed E-state index contributed by atoms with van der Waals surface area (Å²) < 4.78 is 0. The highest BCUT2D eigenvalue weighted by Crippen LogP contribution is 2.27. The number of nitrogens with one attached hydrogen (secondary N) is 1. The van der Waals surface area contributed by atoms with Crippen LogP contribution in [0.1, 0.15) is 37.4 Å². The number of aromatic amines is 1. The summed E-state index contributed by atoms with van der Waals surface area (Å²) in [6.45, 7) is 3.54. The Morgan fingerprint density at radius 2 is 2.24 bits per heavy atom. The van der Waals surface area contributed by atoms with Gasteiger partial charge in [0, 0.05) is 54.1 Å². The molecule has 21 heavy (non-hydrogen) atoms. The second-order valence-corrected chi connectivity index (χ2v) is 6.06. The van der Waals surface area contributed by atoms with Gasteiger partial charge in [0.1, 0.15) is 0 Å². The molecule has 2 aromatic rings. The number of rotatable bonds is 4. The van der Waals surface area contributed by atoms with E-state index in [1.165, 1.54) is 22.2 Å². The number of hydrogen-bond acceptors (Lipinski definition) is 2. The molecule has 0 spiro atoms. The van der Waals surface area contributed by atoms with Gasteiger partial charge >= 0.3 is 0 Å². The number of aromatic nitrogens is 1. The van der Waals surface area contributed by atoms with Gasteiger partial charge in [0.15, 0.2) is 0 Å². The number of para-hydroxylation sites is 1. The highest BCUT2D eigenvalue weighted by atomic mass is 16.2. The molecule has 1 amide bonds. The van der Waals surface area contributed by atoms with Crippen LogP contribution in [0.4, 0.5) is 0 Å². The third-order valence-electron chi connectivity index (χ3n) is 4.29. The van der Waals surface area contributed by atoms with E-state index < -0.39 is 0 Å².